The molecular weight excluding hydrogens is 180 g/mol. The average molecular weight is 196 g/mol. The molecule has 72 valence electrons. The van der Waals surface area contributed by atoms with Crippen LogP contribution in [0.2, 0.25) is 0 Å². The van der Waals surface area contributed by atoms with E-state index < -0.39 is 0 Å². The van der Waals surface area contributed by atoms with Crippen LogP contribution in [0.25, 0.3) is 0 Å². The standard InChI is InChI=1S/C10H16N2S/c13-8-9-6-7-12(11-9)10-4-2-1-3-5-10/h6-7,10,13H,1-5,8H2. The predicted octanol–water partition coefficient (Wildman–Crippen LogP) is 2.82. The summed E-state index contributed by atoms with van der Waals surface area (Å²) in [6.45, 7) is 0. The van der Waals surface area contributed by atoms with Crippen molar-refractivity contribution < 1.29 is 0 Å². The first-order valence-corrected chi connectivity index (χ1v) is 5.68. The smallest absolute Gasteiger partial charge is 0.0720 e. The molecule has 0 unspecified atom stereocenters. The van der Waals surface area contributed by atoms with E-state index >= 15 is 0 Å². The normalized spacial score (nSPS) is 19.2. The van der Waals surface area contributed by atoms with Gasteiger partial charge in [0.2, 0.25) is 0 Å². The van der Waals surface area contributed by atoms with Crippen LogP contribution >= 0.6 is 12.6 Å². The van der Waals surface area contributed by atoms with Gasteiger partial charge in [-0.2, -0.15) is 17.7 Å². The van der Waals surface area contributed by atoms with E-state index in [1.807, 2.05) is 0 Å². The molecule has 1 fully saturated rings. The zero-order valence-corrected chi connectivity index (χ0v) is 8.71. The van der Waals surface area contributed by atoms with E-state index in [-0.39, 0.29) is 0 Å². The van der Waals surface area contributed by atoms with Gasteiger partial charge in [-0.05, 0) is 18.9 Å². The van der Waals surface area contributed by atoms with Crippen molar-refractivity contribution in [2.75, 3.05) is 0 Å². The van der Waals surface area contributed by atoms with Gasteiger partial charge in [-0.15, -0.1) is 0 Å². The number of thiol groups is 1. The van der Waals surface area contributed by atoms with Gasteiger partial charge < -0.3 is 0 Å². The van der Waals surface area contributed by atoms with Crippen LogP contribution in [0, 0.1) is 0 Å². The Labute approximate surface area is 84.7 Å². The molecule has 1 aromatic rings. The molecule has 0 amide bonds. The Kier molecular flexibility index (Phi) is 2.94. The molecule has 13 heavy (non-hydrogen) atoms. The monoisotopic (exact) mass is 196 g/mol. The van der Waals surface area contributed by atoms with E-state index in [1.54, 1.807) is 0 Å². The van der Waals surface area contributed by atoms with Crippen molar-refractivity contribution in [3.63, 3.8) is 0 Å². The fourth-order valence-electron chi connectivity index (χ4n) is 2.01. The zero-order chi connectivity index (χ0) is 9.10. The highest BCUT2D eigenvalue weighted by Crippen LogP contribution is 2.27. The molecule has 0 N–H and O–H groups in total. The Morgan fingerprint density at radius 1 is 1.38 bits per heavy atom. The molecule has 0 radical (unpaired) electrons. The van der Waals surface area contributed by atoms with Crippen LogP contribution in [0.3, 0.4) is 0 Å². The van der Waals surface area contributed by atoms with Gasteiger partial charge in [0.15, 0.2) is 0 Å². The Balaban J connectivity index is 2.05. The van der Waals surface area contributed by atoms with Crippen LogP contribution in [0.5, 0.6) is 0 Å². The topological polar surface area (TPSA) is 17.8 Å². The fourth-order valence-corrected chi connectivity index (χ4v) is 2.18. The number of hydrogen-bond donors (Lipinski definition) is 1. The Bertz CT molecular complexity index is 264. The minimum atomic E-state index is 0.655. The van der Waals surface area contributed by atoms with Crippen molar-refractivity contribution in [2.45, 2.75) is 43.9 Å². The molecular formula is C10H16N2S. The van der Waals surface area contributed by atoms with Gasteiger partial charge in [0, 0.05) is 11.9 Å². The molecule has 2 rings (SSSR count). The Hall–Kier alpha value is -0.440. The van der Waals surface area contributed by atoms with Gasteiger partial charge >= 0.3 is 0 Å². The lowest BCUT2D eigenvalue weighted by atomic mass is 9.96. The summed E-state index contributed by atoms with van der Waals surface area (Å²) in [5, 5.41) is 4.49. The van der Waals surface area contributed by atoms with Crippen LogP contribution in [-0.4, -0.2) is 9.78 Å². The van der Waals surface area contributed by atoms with Crippen LogP contribution in [0.15, 0.2) is 12.3 Å². The number of hydrogen-bond acceptors (Lipinski definition) is 2. The van der Waals surface area contributed by atoms with Crippen molar-refractivity contribution in [1.82, 2.24) is 9.78 Å². The molecule has 0 atom stereocenters. The molecule has 1 aliphatic rings. The maximum atomic E-state index is 4.49. The van der Waals surface area contributed by atoms with Crippen molar-refractivity contribution in [2.24, 2.45) is 0 Å². The van der Waals surface area contributed by atoms with Crippen molar-refractivity contribution in [3.05, 3.63) is 18.0 Å². The van der Waals surface area contributed by atoms with Crippen LogP contribution in [0.4, 0.5) is 0 Å². The molecule has 3 heteroatoms. The number of aromatic nitrogens is 2. The van der Waals surface area contributed by atoms with Gasteiger partial charge in [0.1, 0.15) is 0 Å². The first kappa shape index (κ1) is 9.13. The molecule has 0 spiro atoms. The molecule has 1 aromatic heterocycles. The Morgan fingerprint density at radius 2 is 2.15 bits per heavy atom. The van der Waals surface area contributed by atoms with Crippen LogP contribution in [0.1, 0.15) is 43.8 Å². The van der Waals surface area contributed by atoms with Crippen molar-refractivity contribution >= 4 is 12.6 Å². The summed E-state index contributed by atoms with van der Waals surface area (Å²) < 4.78 is 2.13. The van der Waals surface area contributed by atoms with Gasteiger partial charge in [0.05, 0.1) is 11.7 Å². The third-order valence-electron chi connectivity index (χ3n) is 2.77. The maximum Gasteiger partial charge on any atom is 0.0720 e. The molecule has 0 bridgehead atoms. The van der Waals surface area contributed by atoms with E-state index in [1.165, 1.54) is 32.1 Å². The Morgan fingerprint density at radius 3 is 2.77 bits per heavy atom. The highest BCUT2D eigenvalue weighted by molar-refractivity contribution is 7.79. The molecule has 2 nitrogen and oxygen atoms in total. The lowest BCUT2D eigenvalue weighted by Crippen LogP contribution is -2.13. The highest BCUT2D eigenvalue weighted by Gasteiger charge is 2.15. The molecule has 0 saturated heterocycles. The second kappa shape index (κ2) is 4.18. The molecule has 1 heterocycles. The summed E-state index contributed by atoms with van der Waals surface area (Å²) in [5.41, 5.74) is 1.09. The summed E-state index contributed by atoms with van der Waals surface area (Å²) in [4.78, 5) is 0. The average Bonchev–Trinajstić information content (AvgIpc) is 2.67. The third-order valence-corrected chi connectivity index (χ3v) is 3.10. The van der Waals surface area contributed by atoms with Crippen molar-refractivity contribution in [1.29, 1.82) is 0 Å². The van der Waals surface area contributed by atoms with E-state index in [2.05, 4.69) is 34.7 Å². The SMILES string of the molecule is SCc1ccn(C2CCCCC2)n1. The van der Waals surface area contributed by atoms with E-state index in [0.717, 1.165) is 11.4 Å². The molecule has 0 aliphatic heterocycles. The van der Waals surface area contributed by atoms with Crippen LogP contribution in [-0.2, 0) is 5.75 Å². The second-order valence-corrected chi connectivity index (χ2v) is 4.05. The minimum absolute atomic E-state index is 0.655. The summed E-state index contributed by atoms with van der Waals surface area (Å²) in [6.07, 6.45) is 8.82. The van der Waals surface area contributed by atoms with Gasteiger partial charge in [-0.3, -0.25) is 4.68 Å². The van der Waals surface area contributed by atoms with Gasteiger partial charge in [-0.25, -0.2) is 0 Å². The minimum Gasteiger partial charge on any atom is -0.269 e. The van der Waals surface area contributed by atoms with E-state index in [9.17, 15) is 0 Å². The van der Waals surface area contributed by atoms with E-state index in [4.69, 9.17) is 0 Å². The highest BCUT2D eigenvalue weighted by atomic mass is 32.1. The summed E-state index contributed by atoms with van der Waals surface area (Å²) in [7, 11) is 0. The third kappa shape index (κ3) is 2.08. The van der Waals surface area contributed by atoms with E-state index in [0.29, 0.717) is 6.04 Å². The zero-order valence-electron chi connectivity index (χ0n) is 7.82. The lowest BCUT2D eigenvalue weighted by molar-refractivity contribution is 0.328. The largest absolute Gasteiger partial charge is 0.269 e. The fraction of sp³-hybridized carbons (Fsp3) is 0.700. The molecule has 1 saturated carbocycles. The van der Waals surface area contributed by atoms with Crippen molar-refractivity contribution in [3.8, 4) is 0 Å². The first-order valence-electron chi connectivity index (χ1n) is 5.05. The summed E-state index contributed by atoms with van der Waals surface area (Å²) >= 11 is 4.21. The second-order valence-electron chi connectivity index (χ2n) is 3.74. The molecule has 0 aromatic carbocycles. The predicted molar refractivity (Wildman–Crippen MR) is 57.0 cm³/mol. The van der Waals surface area contributed by atoms with Crippen LogP contribution < -0.4 is 0 Å². The maximum absolute atomic E-state index is 4.49. The number of nitrogens with zero attached hydrogens (tertiary/aromatic N) is 2. The first-order chi connectivity index (χ1) is 6.40. The number of rotatable bonds is 2. The summed E-state index contributed by atoms with van der Waals surface area (Å²) in [6, 6.07) is 2.73. The van der Waals surface area contributed by atoms with Gasteiger partial charge in [-0.1, -0.05) is 19.3 Å². The summed E-state index contributed by atoms with van der Waals surface area (Å²) in [5.74, 6) is 0.750. The lowest BCUT2D eigenvalue weighted by Gasteiger charge is -2.21. The quantitative estimate of drug-likeness (QED) is 0.720. The van der Waals surface area contributed by atoms with Gasteiger partial charge in [0.25, 0.3) is 0 Å². The molecule has 1 aliphatic carbocycles.